The Morgan fingerprint density at radius 1 is 1.50 bits per heavy atom. The van der Waals surface area contributed by atoms with Gasteiger partial charge in [-0.1, -0.05) is 30.9 Å². The van der Waals surface area contributed by atoms with Crippen molar-refractivity contribution in [3.05, 3.63) is 48.3 Å². The van der Waals surface area contributed by atoms with Gasteiger partial charge in [0.15, 0.2) is 0 Å². The van der Waals surface area contributed by atoms with E-state index in [1.54, 1.807) is 18.2 Å². The lowest BCUT2D eigenvalue weighted by atomic mass is 10.1. The number of rotatable bonds is 4. The van der Waals surface area contributed by atoms with Crippen LogP contribution in [0.25, 0.3) is 0 Å². The van der Waals surface area contributed by atoms with Crippen LogP contribution in [0.1, 0.15) is 20.3 Å². The normalized spacial score (nSPS) is 12.8. The van der Waals surface area contributed by atoms with E-state index in [1.165, 1.54) is 0 Å². The minimum atomic E-state index is 0.274. The number of aliphatic hydroxyl groups is 1. The van der Waals surface area contributed by atoms with E-state index in [9.17, 15) is 5.11 Å². The fraction of sp³-hybridized carbons (Fsp3) is 0.273. The minimum absolute atomic E-state index is 0.274. The molecular weight excluding hydrogens is 148 g/mol. The Hall–Kier alpha value is -1.24. The van der Waals surface area contributed by atoms with Gasteiger partial charge in [0.25, 0.3) is 0 Å². The van der Waals surface area contributed by atoms with E-state index in [1.807, 2.05) is 13.8 Å². The molecule has 1 heteroatoms. The number of hydrogen-bond acceptors (Lipinski definition) is 1. The van der Waals surface area contributed by atoms with Crippen LogP contribution in [-0.2, 0) is 0 Å². The summed E-state index contributed by atoms with van der Waals surface area (Å²) in [6.07, 6.45) is 5.78. The Balaban J connectivity index is 4.60. The van der Waals surface area contributed by atoms with Gasteiger partial charge >= 0.3 is 0 Å². The molecule has 0 unspecified atom stereocenters. The Bertz CT molecular complexity index is 231. The second-order valence-electron chi connectivity index (χ2n) is 2.75. The van der Waals surface area contributed by atoms with Crippen LogP contribution in [0.5, 0.6) is 0 Å². The van der Waals surface area contributed by atoms with Crippen molar-refractivity contribution >= 4 is 0 Å². The maximum Gasteiger partial charge on any atom is 0.118 e. The smallest absolute Gasteiger partial charge is 0.118 e. The highest BCUT2D eigenvalue weighted by Gasteiger charge is 1.98. The summed E-state index contributed by atoms with van der Waals surface area (Å²) < 4.78 is 0. The lowest BCUT2D eigenvalue weighted by Crippen LogP contribution is -1.86. The Labute approximate surface area is 74.4 Å². The van der Waals surface area contributed by atoms with Gasteiger partial charge in [0.2, 0.25) is 0 Å². The van der Waals surface area contributed by atoms with Crippen molar-refractivity contribution in [3.8, 4) is 0 Å². The van der Waals surface area contributed by atoms with E-state index in [4.69, 9.17) is 0 Å². The van der Waals surface area contributed by atoms with Crippen molar-refractivity contribution in [2.75, 3.05) is 0 Å². The lowest BCUT2D eigenvalue weighted by Gasteiger charge is -2.02. The van der Waals surface area contributed by atoms with Crippen molar-refractivity contribution < 1.29 is 5.11 Å². The van der Waals surface area contributed by atoms with Gasteiger partial charge in [-0.05, 0) is 31.9 Å². The third kappa shape index (κ3) is 3.81. The summed E-state index contributed by atoms with van der Waals surface area (Å²) in [7, 11) is 0. The summed E-state index contributed by atoms with van der Waals surface area (Å²) in [6.45, 7) is 11.2. The van der Waals surface area contributed by atoms with Crippen LogP contribution in [0.3, 0.4) is 0 Å². The number of aliphatic hydroxyl groups excluding tert-OH is 1. The number of allylic oxidation sites excluding steroid dienone is 5. The van der Waals surface area contributed by atoms with E-state index in [0.29, 0.717) is 6.42 Å². The summed E-state index contributed by atoms with van der Waals surface area (Å²) in [5.74, 6) is 0.274. The molecule has 1 nitrogen and oxygen atoms in total. The van der Waals surface area contributed by atoms with Crippen molar-refractivity contribution in [2.45, 2.75) is 20.3 Å². The molecule has 12 heavy (non-hydrogen) atoms. The highest BCUT2D eigenvalue weighted by Crippen LogP contribution is 2.13. The van der Waals surface area contributed by atoms with Crippen molar-refractivity contribution in [2.24, 2.45) is 0 Å². The van der Waals surface area contributed by atoms with E-state index >= 15 is 0 Å². The molecule has 0 aliphatic heterocycles. The van der Waals surface area contributed by atoms with Crippen molar-refractivity contribution in [1.29, 1.82) is 0 Å². The molecular formula is C11H16O. The molecule has 0 aliphatic carbocycles. The molecule has 66 valence electrons. The average Bonchev–Trinajstić information content (AvgIpc) is 2.00. The van der Waals surface area contributed by atoms with Crippen LogP contribution < -0.4 is 0 Å². The van der Waals surface area contributed by atoms with Crippen LogP contribution in [0.4, 0.5) is 0 Å². The van der Waals surface area contributed by atoms with Crippen LogP contribution in [0.2, 0.25) is 0 Å². The molecule has 0 aromatic carbocycles. The van der Waals surface area contributed by atoms with Gasteiger partial charge in [-0.3, -0.25) is 0 Å². The first-order valence-electron chi connectivity index (χ1n) is 3.93. The Kier molecular flexibility index (Phi) is 4.86. The SMILES string of the molecule is C=C/C(CC(=C)C)=C(O)\C=C/C. The molecule has 0 saturated carbocycles. The third-order valence-corrected chi connectivity index (χ3v) is 1.39. The highest BCUT2D eigenvalue weighted by atomic mass is 16.3. The maximum atomic E-state index is 9.44. The molecule has 0 aromatic heterocycles. The van der Waals surface area contributed by atoms with E-state index in [0.717, 1.165) is 11.1 Å². The molecule has 0 heterocycles. The number of hydrogen-bond donors (Lipinski definition) is 1. The Morgan fingerprint density at radius 2 is 2.08 bits per heavy atom. The van der Waals surface area contributed by atoms with Crippen LogP contribution >= 0.6 is 0 Å². The molecule has 0 spiro atoms. The van der Waals surface area contributed by atoms with Crippen LogP contribution in [-0.4, -0.2) is 5.11 Å². The Morgan fingerprint density at radius 3 is 2.42 bits per heavy atom. The largest absolute Gasteiger partial charge is 0.508 e. The van der Waals surface area contributed by atoms with E-state index in [-0.39, 0.29) is 5.76 Å². The lowest BCUT2D eigenvalue weighted by molar-refractivity contribution is 0.426. The minimum Gasteiger partial charge on any atom is -0.508 e. The van der Waals surface area contributed by atoms with Gasteiger partial charge < -0.3 is 5.11 Å². The second-order valence-corrected chi connectivity index (χ2v) is 2.75. The van der Waals surface area contributed by atoms with Gasteiger partial charge in [-0.25, -0.2) is 0 Å². The molecule has 0 atom stereocenters. The summed E-state index contributed by atoms with van der Waals surface area (Å²) in [5, 5.41) is 9.44. The third-order valence-electron chi connectivity index (χ3n) is 1.39. The highest BCUT2D eigenvalue weighted by molar-refractivity contribution is 5.30. The first-order valence-corrected chi connectivity index (χ1v) is 3.93. The summed E-state index contributed by atoms with van der Waals surface area (Å²) in [6, 6.07) is 0. The zero-order chi connectivity index (χ0) is 9.56. The van der Waals surface area contributed by atoms with Crippen LogP contribution in [0.15, 0.2) is 48.3 Å². The molecule has 0 radical (unpaired) electrons. The zero-order valence-corrected chi connectivity index (χ0v) is 7.80. The molecule has 0 aliphatic rings. The maximum absolute atomic E-state index is 9.44. The molecule has 0 rings (SSSR count). The second kappa shape index (κ2) is 5.42. The molecule has 0 bridgehead atoms. The fourth-order valence-corrected chi connectivity index (χ4v) is 0.857. The predicted molar refractivity (Wildman–Crippen MR) is 54.1 cm³/mol. The zero-order valence-electron chi connectivity index (χ0n) is 7.80. The van der Waals surface area contributed by atoms with Gasteiger partial charge in [0, 0.05) is 0 Å². The topological polar surface area (TPSA) is 20.2 Å². The molecule has 0 amide bonds. The summed E-state index contributed by atoms with van der Waals surface area (Å²) >= 11 is 0. The van der Waals surface area contributed by atoms with Crippen molar-refractivity contribution in [3.63, 3.8) is 0 Å². The monoisotopic (exact) mass is 164 g/mol. The molecule has 1 N–H and O–H groups in total. The molecule has 0 saturated heterocycles. The van der Waals surface area contributed by atoms with E-state index < -0.39 is 0 Å². The van der Waals surface area contributed by atoms with Gasteiger partial charge in [-0.2, -0.15) is 0 Å². The van der Waals surface area contributed by atoms with Gasteiger partial charge in [0.05, 0.1) is 0 Å². The van der Waals surface area contributed by atoms with Gasteiger partial charge in [0.1, 0.15) is 5.76 Å². The van der Waals surface area contributed by atoms with E-state index in [2.05, 4.69) is 13.2 Å². The van der Waals surface area contributed by atoms with Crippen LogP contribution in [0, 0.1) is 0 Å². The van der Waals surface area contributed by atoms with Gasteiger partial charge in [-0.15, -0.1) is 0 Å². The standard InChI is InChI=1S/C11H16O/c1-5-7-11(12)10(6-2)8-9(3)4/h5-7,12H,2-3,8H2,1,4H3/b7-5-,11-10-. The summed E-state index contributed by atoms with van der Waals surface area (Å²) in [5.41, 5.74) is 1.83. The molecule has 0 aromatic rings. The first-order chi connectivity index (χ1) is 5.61. The van der Waals surface area contributed by atoms with Crippen molar-refractivity contribution in [1.82, 2.24) is 0 Å². The fourth-order valence-electron chi connectivity index (χ4n) is 0.857. The average molecular weight is 164 g/mol. The summed E-state index contributed by atoms with van der Waals surface area (Å²) in [4.78, 5) is 0. The first kappa shape index (κ1) is 10.8. The quantitative estimate of drug-likeness (QED) is 0.383. The molecule has 0 fully saturated rings. The predicted octanol–water partition coefficient (Wildman–Crippen LogP) is 3.53.